The molecule has 2 atom stereocenters. The van der Waals surface area contributed by atoms with Gasteiger partial charge in [-0.1, -0.05) is 30.8 Å². The maximum absolute atomic E-state index is 13.3. The van der Waals surface area contributed by atoms with Gasteiger partial charge >= 0.3 is 6.09 Å². The van der Waals surface area contributed by atoms with E-state index in [2.05, 4.69) is 53.6 Å². The van der Waals surface area contributed by atoms with Gasteiger partial charge in [0.05, 0.1) is 0 Å². The number of fused-ring (bicyclic) bond motifs is 2. The Balaban J connectivity index is 1.52. The number of para-hydroxylation sites is 1. The molecule has 0 aliphatic carbocycles. The monoisotopic (exact) mass is 558 g/mol. The summed E-state index contributed by atoms with van der Waals surface area (Å²) in [6.07, 6.45) is 1.62. The SMILES string of the molecule is CCC(C)N(CCC(=O)Nc1sc2c(c1C1Nc3ccccc3S1)CCN(C(C)C)C2)C(=O)OC(C)(C)C. The van der Waals surface area contributed by atoms with Crippen molar-refractivity contribution in [2.75, 3.05) is 23.7 Å². The number of hydrogen-bond donors (Lipinski definition) is 2. The van der Waals surface area contributed by atoms with Crippen molar-refractivity contribution >= 4 is 45.8 Å². The summed E-state index contributed by atoms with van der Waals surface area (Å²) in [4.78, 5) is 32.9. The minimum atomic E-state index is -0.580. The first-order valence-corrected chi connectivity index (χ1v) is 15.4. The molecule has 0 spiro atoms. The van der Waals surface area contributed by atoms with E-state index in [1.807, 2.05) is 46.4 Å². The molecule has 3 heterocycles. The Morgan fingerprint density at radius 1 is 1.24 bits per heavy atom. The predicted octanol–water partition coefficient (Wildman–Crippen LogP) is 7.10. The van der Waals surface area contributed by atoms with E-state index in [1.165, 1.54) is 20.9 Å². The van der Waals surface area contributed by atoms with Crippen molar-refractivity contribution in [3.8, 4) is 0 Å². The van der Waals surface area contributed by atoms with Crippen molar-refractivity contribution in [1.29, 1.82) is 0 Å². The highest BCUT2D eigenvalue weighted by atomic mass is 32.2. The standard InChI is InChI=1S/C29H42N4O3S2/c1-8-19(4)33(28(35)36-29(5,6)7)16-14-24(34)31-27-25(26-30-21-11-9-10-12-22(21)37-26)20-13-15-32(18(2)3)17-23(20)38-27/h9-12,18-19,26,30H,8,13-17H2,1-7H3,(H,31,34). The van der Waals surface area contributed by atoms with Crippen LogP contribution in [0, 0.1) is 0 Å². The third-order valence-electron chi connectivity index (χ3n) is 7.12. The molecule has 2 N–H and O–H groups in total. The minimum absolute atomic E-state index is 0.0122. The Kier molecular flexibility index (Phi) is 9.00. The number of ether oxygens (including phenoxy) is 1. The fourth-order valence-electron chi connectivity index (χ4n) is 4.82. The highest BCUT2D eigenvalue weighted by Gasteiger charge is 2.34. The summed E-state index contributed by atoms with van der Waals surface area (Å²) >= 11 is 3.51. The number of nitrogens with zero attached hydrogens (tertiary/aromatic N) is 2. The molecule has 0 saturated heterocycles. The van der Waals surface area contributed by atoms with E-state index in [9.17, 15) is 9.59 Å². The van der Waals surface area contributed by atoms with Crippen LogP contribution in [0.15, 0.2) is 29.2 Å². The van der Waals surface area contributed by atoms with Gasteiger partial charge in [0.1, 0.15) is 16.0 Å². The molecule has 208 valence electrons. The zero-order valence-electron chi connectivity index (χ0n) is 23.7. The minimum Gasteiger partial charge on any atom is -0.444 e. The molecule has 2 unspecified atom stereocenters. The molecular weight excluding hydrogens is 516 g/mol. The summed E-state index contributed by atoms with van der Waals surface area (Å²) in [7, 11) is 0. The van der Waals surface area contributed by atoms with Crippen LogP contribution in [0.25, 0.3) is 0 Å². The molecule has 2 aliphatic heterocycles. The van der Waals surface area contributed by atoms with Crippen molar-refractivity contribution in [3.05, 3.63) is 40.3 Å². The Morgan fingerprint density at radius 3 is 2.63 bits per heavy atom. The molecule has 0 fully saturated rings. The lowest BCUT2D eigenvalue weighted by molar-refractivity contribution is -0.116. The van der Waals surface area contributed by atoms with Gasteiger partial charge in [0.25, 0.3) is 0 Å². The van der Waals surface area contributed by atoms with Gasteiger partial charge in [0.2, 0.25) is 5.91 Å². The van der Waals surface area contributed by atoms with Crippen molar-refractivity contribution < 1.29 is 14.3 Å². The number of hydrogen-bond acceptors (Lipinski definition) is 7. The van der Waals surface area contributed by atoms with Crippen LogP contribution >= 0.6 is 23.1 Å². The molecule has 2 aromatic rings. The van der Waals surface area contributed by atoms with Gasteiger partial charge in [-0.3, -0.25) is 9.69 Å². The normalized spacial score (nSPS) is 17.9. The van der Waals surface area contributed by atoms with E-state index in [0.717, 1.165) is 36.6 Å². The largest absolute Gasteiger partial charge is 0.444 e. The number of thiophene rings is 1. The molecule has 2 aliphatic rings. The molecule has 0 radical (unpaired) electrons. The zero-order chi connectivity index (χ0) is 27.6. The van der Waals surface area contributed by atoms with Gasteiger partial charge < -0.3 is 20.3 Å². The van der Waals surface area contributed by atoms with Crippen LogP contribution < -0.4 is 10.6 Å². The summed E-state index contributed by atoms with van der Waals surface area (Å²) in [5.74, 6) is -0.0806. The van der Waals surface area contributed by atoms with Crippen molar-refractivity contribution in [2.45, 2.75) is 102 Å². The zero-order valence-corrected chi connectivity index (χ0v) is 25.4. The third-order valence-corrected chi connectivity index (χ3v) is 9.47. The van der Waals surface area contributed by atoms with Crippen LogP contribution in [0.1, 0.15) is 82.7 Å². The molecule has 7 nitrogen and oxygen atoms in total. The molecule has 0 saturated carbocycles. The van der Waals surface area contributed by atoms with Gasteiger partial charge in [-0.15, -0.1) is 11.3 Å². The van der Waals surface area contributed by atoms with E-state index in [0.29, 0.717) is 12.6 Å². The first kappa shape index (κ1) is 28.8. The average Bonchev–Trinajstić information content (AvgIpc) is 3.42. The van der Waals surface area contributed by atoms with Gasteiger partial charge in [-0.05, 0) is 72.1 Å². The summed E-state index contributed by atoms with van der Waals surface area (Å²) < 4.78 is 5.62. The molecular formula is C29H42N4O3S2. The Bertz CT molecular complexity index is 1130. The van der Waals surface area contributed by atoms with Crippen LogP contribution in [-0.4, -0.2) is 52.6 Å². The Labute approximate surface area is 235 Å². The van der Waals surface area contributed by atoms with E-state index in [4.69, 9.17) is 4.74 Å². The van der Waals surface area contributed by atoms with E-state index < -0.39 is 5.60 Å². The summed E-state index contributed by atoms with van der Waals surface area (Å²) in [5.41, 5.74) is 3.13. The number of anilines is 2. The number of nitrogens with one attached hydrogen (secondary N) is 2. The highest BCUT2D eigenvalue weighted by molar-refractivity contribution is 8.00. The van der Waals surface area contributed by atoms with Crippen LogP contribution in [0.5, 0.6) is 0 Å². The molecule has 4 rings (SSSR count). The fourth-order valence-corrected chi connectivity index (χ4v) is 7.45. The molecule has 0 bridgehead atoms. The van der Waals surface area contributed by atoms with Gasteiger partial charge in [-0.2, -0.15) is 0 Å². The van der Waals surface area contributed by atoms with E-state index >= 15 is 0 Å². The van der Waals surface area contributed by atoms with Crippen molar-refractivity contribution in [1.82, 2.24) is 9.80 Å². The number of carbonyl (C=O) groups is 2. The van der Waals surface area contributed by atoms with Gasteiger partial charge in [0, 0.05) is 59.2 Å². The average molecular weight is 559 g/mol. The quantitative estimate of drug-likeness (QED) is 0.360. The lowest BCUT2D eigenvalue weighted by Gasteiger charge is -2.31. The number of thioether (sulfide) groups is 1. The van der Waals surface area contributed by atoms with Crippen LogP contribution in [-0.2, 0) is 22.5 Å². The molecule has 1 aromatic carbocycles. The van der Waals surface area contributed by atoms with Crippen LogP contribution in [0.3, 0.4) is 0 Å². The van der Waals surface area contributed by atoms with Crippen LogP contribution in [0.4, 0.5) is 15.5 Å². The summed E-state index contributed by atoms with van der Waals surface area (Å²) in [5, 5.41) is 7.91. The Hall–Kier alpha value is -2.23. The fraction of sp³-hybridized carbons (Fsp3) is 0.586. The van der Waals surface area contributed by atoms with Crippen LogP contribution in [0.2, 0.25) is 0 Å². The number of amides is 2. The lowest BCUT2D eigenvalue weighted by Crippen LogP contribution is -2.43. The molecule has 1 aromatic heterocycles. The summed E-state index contributed by atoms with van der Waals surface area (Å²) in [6.45, 7) is 16.3. The number of rotatable bonds is 8. The lowest BCUT2D eigenvalue weighted by atomic mass is 10.0. The molecule has 38 heavy (non-hydrogen) atoms. The van der Waals surface area contributed by atoms with Gasteiger partial charge in [0.15, 0.2) is 0 Å². The first-order chi connectivity index (χ1) is 18.0. The summed E-state index contributed by atoms with van der Waals surface area (Å²) in [6, 6.07) is 8.84. The van der Waals surface area contributed by atoms with Crippen molar-refractivity contribution in [3.63, 3.8) is 0 Å². The highest BCUT2D eigenvalue weighted by Crippen LogP contribution is 2.52. The second kappa shape index (κ2) is 11.9. The smallest absolute Gasteiger partial charge is 0.410 e. The second-order valence-corrected chi connectivity index (χ2v) is 13.7. The third kappa shape index (κ3) is 6.66. The maximum atomic E-state index is 13.3. The number of benzene rings is 1. The predicted molar refractivity (Wildman–Crippen MR) is 158 cm³/mol. The molecule has 9 heteroatoms. The number of carbonyl (C=O) groups excluding carboxylic acids is 2. The first-order valence-electron chi connectivity index (χ1n) is 13.7. The second-order valence-electron chi connectivity index (χ2n) is 11.4. The Morgan fingerprint density at radius 2 is 1.97 bits per heavy atom. The topological polar surface area (TPSA) is 73.9 Å². The molecule has 2 amide bonds. The van der Waals surface area contributed by atoms with Gasteiger partial charge in [-0.25, -0.2) is 4.79 Å². The van der Waals surface area contributed by atoms with E-state index in [1.54, 1.807) is 16.2 Å². The van der Waals surface area contributed by atoms with Crippen molar-refractivity contribution in [2.24, 2.45) is 0 Å². The maximum Gasteiger partial charge on any atom is 0.410 e. The van der Waals surface area contributed by atoms with E-state index in [-0.39, 0.29) is 29.8 Å².